The molecule has 1 N–H and O–H groups in total. The van der Waals surface area contributed by atoms with Gasteiger partial charge in [-0.05, 0) is 55.3 Å². The van der Waals surface area contributed by atoms with E-state index >= 15 is 0 Å². The van der Waals surface area contributed by atoms with Crippen LogP contribution in [0, 0.1) is 5.92 Å². The number of anilines is 2. The van der Waals surface area contributed by atoms with Gasteiger partial charge in [-0.3, -0.25) is 9.59 Å². The van der Waals surface area contributed by atoms with E-state index in [1.165, 1.54) is 5.01 Å². The van der Waals surface area contributed by atoms with E-state index in [-0.39, 0.29) is 11.8 Å². The van der Waals surface area contributed by atoms with Crippen molar-refractivity contribution in [3.05, 3.63) is 54.1 Å². The lowest BCUT2D eigenvalue weighted by Gasteiger charge is -2.15. The Bertz CT molecular complexity index is 859. The monoisotopic (exact) mass is 351 g/mol. The van der Waals surface area contributed by atoms with Crippen LogP contribution in [0.2, 0.25) is 0 Å². The van der Waals surface area contributed by atoms with Gasteiger partial charge in [0.25, 0.3) is 5.91 Å². The van der Waals surface area contributed by atoms with Crippen molar-refractivity contribution in [1.82, 2.24) is 0 Å². The van der Waals surface area contributed by atoms with Crippen LogP contribution in [0.4, 0.5) is 11.4 Å². The van der Waals surface area contributed by atoms with Gasteiger partial charge in [-0.1, -0.05) is 19.1 Å². The van der Waals surface area contributed by atoms with Crippen LogP contribution in [0.1, 0.15) is 19.4 Å². The number of ether oxygens (including phenoxy) is 1. The fourth-order valence-electron chi connectivity index (χ4n) is 2.86. The van der Waals surface area contributed by atoms with Gasteiger partial charge < -0.3 is 10.1 Å². The van der Waals surface area contributed by atoms with Gasteiger partial charge in [0.05, 0.1) is 18.5 Å². The highest BCUT2D eigenvalue weighted by Gasteiger charge is 2.39. The van der Waals surface area contributed by atoms with E-state index in [1.807, 2.05) is 31.2 Å². The molecule has 2 aromatic rings. The van der Waals surface area contributed by atoms with Crippen LogP contribution in [-0.4, -0.2) is 24.6 Å². The summed E-state index contributed by atoms with van der Waals surface area (Å²) in [5.41, 5.74) is 2.86. The van der Waals surface area contributed by atoms with E-state index in [2.05, 4.69) is 10.4 Å². The van der Waals surface area contributed by atoms with Crippen LogP contribution >= 0.6 is 0 Å². The van der Waals surface area contributed by atoms with Gasteiger partial charge >= 0.3 is 0 Å². The zero-order valence-electron chi connectivity index (χ0n) is 15.0. The number of amides is 2. The number of hydrogen-bond acceptors (Lipinski definition) is 4. The number of carbonyl (C=O) groups excluding carboxylic acids is 2. The number of nitrogens with one attached hydrogen (secondary N) is 1. The predicted molar refractivity (Wildman–Crippen MR) is 102 cm³/mol. The Morgan fingerprint density at radius 1 is 1.23 bits per heavy atom. The minimum absolute atomic E-state index is 0.364. The predicted octanol–water partition coefficient (Wildman–Crippen LogP) is 3.24. The van der Waals surface area contributed by atoms with Gasteiger partial charge in [0.15, 0.2) is 5.92 Å². The largest absolute Gasteiger partial charge is 0.497 e. The van der Waals surface area contributed by atoms with Gasteiger partial charge in [0, 0.05) is 5.69 Å². The van der Waals surface area contributed by atoms with Gasteiger partial charge in [0.1, 0.15) is 5.75 Å². The molecule has 6 nitrogen and oxygen atoms in total. The van der Waals surface area contributed by atoms with Gasteiger partial charge in [-0.15, -0.1) is 0 Å². The highest BCUT2D eigenvalue weighted by atomic mass is 16.5. The molecule has 0 aromatic heterocycles. The summed E-state index contributed by atoms with van der Waals surface area (Å²) in [5, 5.41) is 8.36. The van der Waals surface area contributed by atoms with Gasteiger partial charge in [0.2, 0.25) is 5.91 Å². The number of nitrogens with zero attached hydrogens (tertiary/aromatic N) is 2. The van der Waals surface area contributed by atoms with Crippen molar-refractivity contribution < 1.29 is 14.3 Å². The topological polar surface area (TPSA) is 71.0 Å². The number of methoxy groups -OCH3 is 1. The molecule has 2 amide bonds. The van der Waals surface area contributed by atoms with Crippen molar-refractivity contribution in [1.29, 1.82) is 0 Å². The van der Waals surface area contributed by atoms with Crippen molar-refractivity contribution in [2.24, 2.45) is 11.0 Å². The first-order chi connectivity index (χ1) is 12.5. The summed E-state index contributed by atoms with van der Waals surface area (Å²) in [5.74, 6) is -0.981. The second-order valence-electron chi connectivity index (χ2n) is 6.07. The zero-order valence-corrected chi connectivity index (χ0v) is 15.0. The van der Waals surface area contributed by atoms with Gasteiger partial charge in [-0.2, -0.15) is 10.1 Å². The maximum atomic E-state index is 12.7. The lowest BCUT2D eigenvalue weighted by Crippen LogP contribution is -2.36. The number of hydrogen-bond donors (Lipinski definition) is 1. The molecule has 0 saturated heterocycles. The third-order valence-corrected chi connectivity index (χ3v) is 4.31. The summed E-state index contributed by atoms with van der Waals surface area (Å²) < 4.78 is 5.12. The first-order valence-electron chi connectivity index (χ1n) is 8.46. The molecule has 0 spiro atoms. The molecule has 0 saturated carbocycles. The highest BCUT2D eigenvalue weighted by molar-refractivity contribution is 6.28. The first-order valence-corrected chi connectivity index (χ1v) is 8.46. The van der Waals surface area contributed by atoms with E-state index < -0.39 is 5.92 Å². The van der Waals surface area contributed by atoms with Crippen molar-refractivity contribution in [2.45, 2.75) is 20.3 Å². The molecular weight excluding hydrogens is 330 g/mol. The van der Waals surface area contributed by atoms with Crippen molar-refractivity contribution >= 4 is 28.9 Å². The summed E-state index contributed by atoms with van der Waals surface area (Å²) in [6.45, 7) is 3.74. The molecular formula is C20H21N3O3. The molecule has 0 aliphatic carbocycles. The average Bonchev–Trinajstić information content (AvgIpc) is 2.96. The smallest absolute Gasteiger partial charge is 0.265 e. The number of hydrazone groups is 1. The minimum atomic E-state index is -0.928. The number of aryl methyl sites for hydroxylation is 1. The fraction of sp³-hybridized carbons (Fsp3) is 0.250. The molecule has 1 atom stereocenters. The molecule has 26 heavy (non-hydrogen) atoms. The van der Waals surface area contributed by atoms with Gasteiger partial charge in [-0.25, -0.2) is 0 Å². The van der Waals surface area contributed by atoms with Crippen molar-refractivity contribution in [3.63, 3.8) is 0 Å². The summed E-state index contributed by atoms with van der Waals surface area (Å²) >= 11 is 0. The van der Waals surface area contributed by atoms with Crippen LogP contribution in [0.25, 0.3) is 0 Å². The average molecular weight is 351 g/mol. The second kappa shape index (κ2) is 7.39. The van der Waals surface area contributed by atoms with Crippen molar-refractivity contribution in [2.75, 3.05) is 17.4 Å². The maximum absolute atomic E-state index is 12.7. The number of rotatable bonds is 5. The van der Waals surface area contributed by atoms with E-state index in [1.54, 1.807) is 38.3 Å². The van der Waals surface area contributed by atoms with Crippen LogP contribution in [0.15, 0.2) is 53.6 Å². The Kier molecular flexibility index (Phi) is 5.02. The van der Waals surface area contributed by atoms with Crippen LogP contribution in [0.5, 0.6) is 5.75 Å². The van der Waals surface area contributed by atoms with Crippen molar-refractivity contribution in [3.8, 4) is 5.75 Å². The van der Waals surface area contributed by atoms with E-state index in [9.17, 15) is 9.59 Å². The SMILES string of the molecule is CCc1cccc(NC(=O)C2C(=O)N(c3ccc(OC)cc3)N=C2C)c1. The molecule has 1 unspecified atom stereocenters. The van der Waals surface area contributed by atoms with E-state index in [0.717, 1.165) is 12.0 Å². The van der Waals surface area contributed by atoms with Crippen LogP contribution in [0.3, 0.4) is 0 Å². The third kappa shape index (κ3) is 3.44. The summed E-state index contributed by atoms with van der Waals surface area (Å²) in [6.07, 6.45) is 0.873. The molecule has 1 aliphatic rings. The normalized spacial score (nSPS) is 16.4. The molecule has 0 radical (unpaired) electrons. The minimum Gasteiger partial charge on any atom is -0.497 e. The molecule has 1 aliphatic heterocycles. The highest BCUT2D eigenvalue weighted by Crippen LogP contribution is 2.26. The summed E-state index contributed by atoms with van der Waals surface area (Å²) in [6, 6.07) is 14.6. The van der Waals surface area contributed by atoms with E-state index in [0.29, 0.717) is 22.8 Å². The van der Waals surface area contributed by atoms with Crippen LogP contribution in [-0.2, 0) is 16.0 Å². The molecule has 0 bridgehead atoms. The Balaban J connectivity index is 1.77. The summed E-state index contributed by atoms with van der Waals surface area (Å²) in [7, 11) is 1.58. The molecule has 6 heteroatoms. The lowest BCUT2D eigenvalue weighted by molar-refractivity contribution is -0.127. The number of benzene rings is 2. The second-order valence-corrected chi connectivity index (χ2v) is 6.07. The standard InChI is InChI=1S/C20H21N3O3/c1-4-14-6-5-7-15(12-14)21-19(24)18-13(2)22-23(20(18)25)16-8-10-17(26-3)11-9-16/h5-12,18H,4H2,1-3H3,(H,21,24). The third-order valence-electron chi connectivity index (χ3n) is 4.31. The molecule has 2 aromatic carbocycles. The lowest BCUT2D eigenvalue weighted by atomic mass is 10.0. The Morgan fingerprint density at radius 3 is 2.62 bits per heavy atom. The Labute approximate surface area is 152 Å². The fourth-order valence-corrected chi connectivity index (χ4v) is 2.86. The molecule has 0 fully saturated rings. The van der Waals surface area contributed by atoms with E-state index in [4.69, 9.17) is 4.74 Å². The summed E-state index contributed by atoms with van der Waals surface area (Å²) in [4.78, 5) is 25.4. The zero-order chi connectivity index (χ0) is 18.7. The molecule has 1 heterocycles. The maximum Gasteiger partial charge on any atom is 0.265 e. The Hall–Kier alpha value is -3.15. The quantitative estimate of drug-likeness (QED) is 0.841. The Morgan fingerprint density at radius 2 is 1.96 bits per heavy atom. The van der Waals surface area contributed by atoms with Crippen LogP contribution < -0.4 is 15.1 Å². The molecule has 3 rings (SSSR count). The first kappa shape index (κ1) is 17.7. The number of carbonyl (C=O) groups is 2. The molecule has 134 valence electrons.